The first-order valence-corrected chi connectivity index (χ1v) is 11.0. The van der Waals surface area contributed by atoms with Gasteiger partial charge in [-0.05, 0) is 23.1 Å². The Morgan fingerprint density at radius 1 is 1.04 bits per heavy atom. The maximum absolute atomic E-state index is 13.4. The molecule has 2 heterocycles. The lowest BCUT2D eigenvalue weighted by Crippen LogP contribution is -2.51. The van der Waals surface area contributed by atoms with Gasteiger partial charge in [0.15, 0.2) is 0 Å². The number of rotatable bonds is 4. The Labute approximate surface area is 180 Å². The topological polar surface area (TPSA) is 57.7 Å². The molecule has 3 amide bonds. The van der Waals surface area contributed by atoms with Crippen molar-refractivity contribution in [3.63, 3.8) is 0 Å². The van der Waals surface area contributed by atoms with E-state index in [2.05, 4.69) is 22.6 Å². The standard InChI is InChI=1S/C21H17IN2O3S/c22-18-13-23(10-11-28-18)21(27)17(12-14-6-2-1-3-7-14)24-19(25)15-8-4-5-9-16(15)20(24)26/h1-11,17-18H,12-13H2. The van der Waals surface area contributed by atoms with Crippen molar-refractivity contribution in [1.82, 2.24) is 9.80 Å². The van der Waals surface area contributed by atoms with E-state index in [1.165, 1.54) is 0 Å². The van der Waals surface area contributed by atoms with Crippen LogP contribution in [0.4, 0.5) is 0 Å². The fourth-order valence-corrected chi connectivity index (χ4v) is 4.99. The van der Waals surface area contributed by atoms with Crippen molar-refractivity contribution in [3.05, 3.63) is 82.9 Å². The summed E-state index contributed by atoms with van der Waals surface area (Å²) < 4.78 is 0.228. The number of fused-ring (bicyclic) bond motifs is 1. The van der Waals surface area contributed by atoms with E-state index < -0.39 is 17.9 Å². The lowest BCUT2D eigenvalue weighted by molar-refractivity contribution is -0.132. The van der Waals surface area contributed by atoms with Gasteiger partial charge < -0.3 is 4.90 Å². The zero-order valence-corrected chi connectivity index (χ0v) is 17.8. The summed E-state index contributed by atoms with van der Waals surface area (Å²) in [6, 6.07) is 15.3. The van der Waals surface area contributed by atoms with Crippen molar-refractivity contribution in [1.29, 1.82) is 0 Å². The molecule has 0 radical (unpaired) electrons. The van der Waals surface area contributed by atoms with Gasteiger partial charge in [-0.2, -0.15) is 0 Å². The van der Waals surface area contributed by atoms with Crippen LogP contribution in [-0.4, -0.2) is 43.4 Å². The molecule has 0 bridgehead atoms. The first-order chi connectivity index (χ1) is 13.6. The van der Waals surface area contributed by atoms with Crippen LogP contribution in [0.2, 0.25) is 0 Å². The summed E-state index contributed by atoms with van der Waals surface area (Å²) in [6.07, 6.45) is 2.02. The number of carbonyl (C=O) groups is 3. The van der Waals surface area contributed by atoms with Gasteiger partial charge >= 0.3 is 0 Å². The quantitative estimate of drug-likeness (QED) is 0.362. The minimum Gasteiger partial charge on any atom is -0.315 e. The molecule has 5 nitrogen and oxygen atoms in total. The smallest absolute Gasteiger partial charge is 0.262 e. The third kappa shape index (κ3) is 3.60. The fraction of sp³-hybridized carbons (Fsp3) is 0.190. The van der Waals surface area contributed by atoms with Gasteiger partial charge in [-0.15, -0.1) is 11.8 Å². The number of imide groups is 1. The van der Waals surface area contributed by atoms with Gasteiger partial charge in [0.05, 0.1) is 14.4 Å². The Morgan fingerprint density at radius 2 is 1.64 bits per heavy atom. The van der Waals surface area contributed by atoms with Crippen LogP contribution in [0.1, 0.15) is 26.3 Å². The van der Waals surface area contributed by atoms with Crippen LogP contribution in [0.25, 0.3) is 0 Å². The zero-order valence-electron chi connectivity index (χ0n) is 14.8. The molecule has 2 unspecified atom stereocenters. The normalized spacial score (nSPS) is 19.7. The SMILES string of the molecule is O=C(C(Cc1ccccc1)N1C(=O)c2ccccc2C1=O)N1C=CSC(I)C1. The van der Waals surface area contributed by atoms with E-state index in [0.29, 0.717) is 17.7 Å². The number of thioether (sulfide) groups is 1. The fourth-order valence-electron chi connectivity index (χ4n) is 3.42. The molecule has 0 aliphatic carbocycles. The Morgan fingerprint density at radius 3 is 2.25 bits per heavy atom. The molecular formula is C21H17IN2O3S. The van der Waals surface area contributed by atoms with Crippen molar-refractivity contribution in [3.8, 4) is 0 Å². The number of amides is 3. The second-order valence-corrected chi connectivity index (χ2v) is 10.0. The van der Waals surface area contributed by atoms with Crippen molar-refractivity contribution in [2.75, 3.05) is 6.54 Å². The van der Waals surface area contributed by atoms with Crippen LogP contribution >= 0.6 is 34.4 Å². The van der Waals surface area contributed by atoms with E-state index >= 15 is 0 Å². The highest BCUT2D eigenvalue weighted by molar-refractivity contribution is 14.1. The summed E-state index contributed by atoms with van der Waals surface area (Å²) in [7, 11) is 0. The molecule has 0 N–H and O–H groups in total. The molecule has 2 aromatic carbocycles. The van der Waals surface area contributed by atoms with Crippen LogP contribution < -0.4 is 0 Å². The molecule has 0 aromatic heterocycles. The molecule has 2 atom stereocenters. The highest BCUT2D eigenvalue weighted by Gasteiger charge is 2.44. The van der Waals surface area contributed by atoms with Gasteiger partial charge in [-0.25, -0.2) is 0 Å². The van der Waals surface area contributed by atoms with Crippen LogP contribution in [0.5, 0.6) is 0 Å². The third-order valence-corrected chi connectivity index (χ3v) is 6.78. The first kappa shape index (κ1) is 19.2. The zero-order chi connectivity index (χ0) is 19.7. The maximum atomic E-state index is 13.4. The van der Waals surface area contributed by atoms with Crippen LogP contribution in [0.3, 0.4) is 0 Å². The molecule has 0 spiro atoms. The molecule has 0 saturated carbocycles. The van der Waals surface area contributed by atoms with Crippen LogP contribution in [0, 0.1) is 0 Å². The Balaban J connectivity index is 1.70. The van der Waals surface area contributed by atoms with E-state index in [-0.39, 0.29) is 15.6 Å². The van der Waals surface area contributed by atoms with Crippen LogP contribution in [0.15, 0.2) is 66.2 Å². The second kappa shape index (κ2) is 8.08. The van der Waals surface area contributed by atoms with E-state index in [0.717, 1.165) is 10.5 Å². The minimum absolute atomic E-state index is 0.228. The highest BCUT2D eigenvalue weighted by Crippen LogP contribution is 2.29. The largest absolute Gasteiger partial charge is 0.315 e. The van der Waals surface area contributed by atoms with Gasteiger partial charge in [0, 0.05) is 19.2 Å². The average Bonchev–Trinajstić information content (AvgIpc) is 2.97. The number of hydrogen-bond donors (Lipinski definition) is 0. The summed E-state index contributed by atoms with van der Waals surface area (Å²) in [5, 5.41) is 1.88. The molecule has 2 aliphatic rings. The molecule has 28 heavy (non-hydrogen) atoms. The molecule has 2 aromatic rings. The molecule has 7 heteroatoms. The van der Waals surface area contributed by atoms with Gasteiger partial charge in [0.2, 0.25) is 5.91 Å². The Hall–Kier alpha value is -2.13. The summed E-state index contributed by atoms with van der Waals surface area (Å²) in [4.78, 5) is 42.1. The number of alkyl halides is 1. The molecule has 0 fully saturated rings. The van der Waals surface area contributed by atoms with Gasteiger partial charge in [-0.1, -0.05) is 65.1 Å². The van der Waals surface area contributed by atoms with Crippen molar-refractivity contribution in [2.24, 2.45) is 0 Å². The molecular weight excluding hydrogens is 487 g/mol. The van der Waals surface area contributed by atoms with Crippen molar-refractivity contribution < 1.29 is 14.4 Å². The molecule has 0 saturated heterocycles. The van der Waals surface area contributed by atoms with Gasteiger partial charge in [-0.3, -0.25) is 19.3 Å². The minimum atomic E-state index is -0.883. The molecule has 142 valence electrons. The number of halogens is 1. The first-order valence-electron chi connectivity index (χ1n) is 8.84. The summed E-state index contributed by atoms with van der Waals surface area (Å²) in [5.74, 6) is -1.05. The average molecular weight is 504 g/mol. The van der Waals surface area contributed by atoms with Crippen molar-refractivity contribution >= 4 is 52.1 Å². The van der Waals surface area contributed by atoms with E-state index in [1.807, 2.05) is 35.7 Å². The molecule has 2 aliphatic heterocycles. The number of carbonyl (C=O) groups excluding carboxylic acids is 3. The lowest BCUT2D eigenvalue weighted by atomic mass is 10.0. The Bertz CT molecular complexity index is 928. The number of benzene rings is 2. The Kier molecular flexibility index (Phi) is 5.54. The number of hydrogen-bond acceptors (Lipinski definition) is 4. The van der Waals surface area contributed by atoms with Gasteiger partial charge in [0.1, 0.15) is 6.04 Å². The predicted octanol–water partition coefficient (Wildman–Crippen LogP) is 3.70. The van der Waals surface area contributed by atoms with E-state index in [1.54, 1.807) is 47.1 Å². The molecule has 4 rings (SSSR count). The predicted molar refractivity (Wildman–Crippen MR) is 117 cm³/mol. The monoisotopic (exact) mass is 504 g/mol. The summed E-state index contributed by atoms with van der Waals surface area (Å²) in [6.45, 7) is 0.537. The second-order valence-electron chi connectivity index (χ2n) is 6.55. The van der Waals surface area contributed by atoms with Crippen molar-refractivity contribution in [2.45, 2.75) is 15.7 Å². The highest BCUT2D eigenvalue weighted by atomic mass is 127. The summed E-state index contributed by atoms with van der Waals surface area (Å²) >= 11 is 3.92. The van der Waals surface area contributed by atoms with Crippen LogP contribution in [-0.2, 0) is 11.2 Å². The lowest BCUT2D eigenvalue weighted by Gasteiger charge is -2.32. The van der Waals surface area contributed by atoms with E-state index in [4.69, 9.17) is 0 Å². The maximum Gasteiger partial charge on any atom is 0.262 e. The summed E-state index contributed by atoms with van der Waals surface area (Å²) in [5.41, 5.74) is 1.61. The van der Waals surface area contributed by atoms with Gasteiger partial charge in [0.25, 0.3) is 11.8 Å². The third-order valence-electron chi connectivity index (χ3n) is 4.78. The van der Waals surface area contributed by atoms with E-state index in [9.17, 15) is 14.4 Å². The number of nitrogens with zero attached hydrogens (tertiary/aromatic N) is 2.